The van der Waals surface area contributed by atoms with Gasteiger partial charge >= 0.3 is 0 Å². The fraction of sp³-hybridized carbons (Fsp3) is 0.333. The van der Waals surface area contributed by atoms with Crippen LogP contribution in [0.1, 0.15) is 30.6 Å². The van der Waals surface area contributed by atoms with Crippen LogP contribution in [0.3, 0.4) is 0 Å². The fourth-order valence-electron chi connectivity index (χ4n) is 1.30. The molecule has 92 valence electrons. The Morgan fingerprint density at radius 2 is 2.12 bits per heavy atom. The third kappa shape index (κ3) is 3.96. The smallest absolute Gasteiger partial charge is 0.251 e. The molecular formula is C12H13ClINO2. The van der Waals surface area contributed by atoms with Crippen LogP contribution in [0.25, 0.3) is 0 Å². The lowest BCUT2D eigenvalue weighted by Crippen LogP contribution is -2.38. The zero-order chi connectivity index (χ0) is 13.0. The first-order valence-corrected chi connectivity index (χ1v) is 6.70. The summed E-state index contributed by atoms with van der Waals surface area (Å²) in [7, 11) is 0. The normalized spacial score (nSPS) is 12.0. The van der Waals surface area contributed by atoms with Crippen molar-refractivity contribution in [3.8, 4) is 0 Å². The molecule has 1 aromatic rings. The van der Waals surface area contributed by atoms with Crippen molar-refractivity contribution in [1.82, 2.24) is 5.32 Å². The number of hydrogen-bond donors (Lipinski definition) is 1. The van der Waals surface area contributed by atoms with E-state index in [9.17, 15) is 9.59 Å². The maximum absolute atomic E-state index is 11.8. The quantitative estimate of drug-likeness (QED) is 0.834. The zero-order valence-corrected chi connectivity index (χ0v) is 12.5. The molecule has 0 bridgehead atoms. The second-order valence-electron chi connectivity index (χ2n) is 3.64. The Bertz CT molecular complexity index is 448. The highest BCUT2D eigenvalue weighted by Crippen LogP contribution is 2.19. The molecule has 3 nitrogen and oxygen atoms in total. The lowest BCUT2D eigenvalue weighted by molar-refractivity contribution is -0.120. The fourth-order valence-corrected chi connectivity index (χ4v) is 1.82. The lowest BCUT2D eigenvalue weighted by atomic mass is 10.1. The molecule has 0 heterocycles. The van der Waals surface area contributed by atoms with Crippen LogP contribution < -0.4 is 5.32 Å². The molecular weight excluding hydrogens is 352 g/mol. The summed E-state index contributed by atoms with van der Waals surface area (Å²) in [5.41, 5.74) is 0.464. The Kier molecular flexibility index (Phi) is 5.39. The Morgan fingerprint density at radius 1 is 1.47 bits per heavy atom. The van der Waals surface area contributed by atoms with Crippen LogP contribution >= 0.6 is 34.2 Å². The van der Waals surface area contributed by atoms with Crippen molar-refractivity contribution in [3.63, 3.8) is 0 Å². The van der Waals surface area contributed by atoms with Crippen LogP contribution in [0.5, 0.6) is 0 Å². The number of carbonyl (C=O) groups is 2. The van der Waals surface area contributed by atoms with E-state index in [1.807, 2.05) is 0 Å². The summed E-state index contributed by atoms with van der Waals surface area (Å²) in [5, 5.41) is 3.18. The predicted molar refractivity (Wildman–Crippen MR) is 76.4 cm³/mol. The van der Waals surface area contributed by atoms with E-state index in [0.29, 0.717) is 17.0 Å². The molecule has 1 unspecified atom stereocenters. The van der Waals surface area contributed by atoms with Gasteiger partial charge in [0.25, 0.3) is 5.91 Å². The molecule has 1 rings (SSSR count). The van der Waals surface area contributed by atoms with Gasteiger partial charge in [-0.1, -0.05) is 18.5 Å². The molecule has 0 radical (unpaired) electrons. The molecule has 0 spiro atoms. The van der Waals surface area contributed by atoms with Gasteiger partial charge in [0.1, 0.15) is 0 Å². The molecule has 1 atom stereocenters. The predicted octanol–water partition coefficient (Wildman–Crippen LogP) is 3.04. The van der Waals surface area contributed by atoms with Crippen LogP contribution in [0.15, 0.2) is 18.2 Å². The number of benzene rings is 1. The third-order valence-electron chi connectivity index (χ3n) is 2.36. The van der Waals surface area contributed by atoms with Gasteiger partial charge < -0.3 is 5.32 Å². The van der Waals surface area contributed by atoms with Gasteiger partial charge in [0, 0.05) is 15.6 Å². The van der Waals surface area contributed by atoms with E-state index in [0.717, 1.165) is 3.57 Å². The highest BCUT2D eigenvalue weighted by Gasteiger charge is 2.15. The SMILES string of the molecule is CCC(=O)C(C)NC(=O)c1ccc(I)c(Cl)c1. The summed E-state index contributed by atoms with van der Waals surface area (Å²) in [6.45, 7) is 3.45. The second-order valence-corrected chi connectivity index (χ2v) is 5.21. The molecule has 17 heavy (non-hydrogen) atoms. The number of amides is 1. The van der Waals surface area contributed by atoms with Crippen LogP contribution in [0, 0.1) is 3.57 Å². The number of nitrogens with one attached hydrogen (secondary N) is 1. The molecule has 5 heteroatoms. The summed E-state index contributed by atoms with van der Waals surface area (Å²) in [6, 6.07) is 4.59. The maximum Gasteiger partial charge on any atom is 0.251 e. The van der Waals surface area contributed by atoms with E-state index >= 15 is 0 Å². The molecule has 0 aliphatic heterocycles. The maximum atomic E-state index is 11.8. The highest BCUT2D eigenvalue weighted by molar-refractivity contribution is 14.1. The summed E-state index contributed by atoms with van der Waals surface area (Å²) >= 11 is 8.02. The van der Waals surface area contributed by atoms with E-state index in [2.05, 4.69) is 27.9 Å². The topological polar surface area (TPSA) is 46.2 Å². The number of Topliss-reactive ketones (excluding diaryl/α,β-unsaturated/α-hetero) is 1. The number of hydrogen-bond acceptors (Lipinski definition) is 2. The molecule has 0 saturated heterocycles. The van der Waals surface area contributed by atoms with Crippen LogP contribution in [0.4, 0.5) is 0 Å². The minimum absolute atomic E-state index is 0.00922. The first-order chi connectivity index (χ1) is 7.95. The van der Waals surface area contributed by atoms with Crippen LogP contribution in [-0.2, 0) is 4.79 Å². The van der Waals surface area contributed by atoms with Crippen molar-refractivity contribution in [1.29, 1.82) is 0 Å². The van der Waals surface area contributed by atoms with Gasteiger partial charge in [0.05, 0.1) is 11.1 Å². The lowest BCUT2D eigenvalue weighted by Gasteiger charge is -2.12. The molecule has 0 aromatic heterocycles. The summed E-state index contributed by atoms with van der Waals surface area (Å²) in [4.78, 5) is 23.2. The molecule has 0 saturated carbocycles. The minimum Gasteiger partial charge on any atom is -0.343 e. The van der Waals surface area contributed by atoms with Crippen molar-refractivity contribution in [2.24, 2.45) is 0 Å². The number of rotatable bonds is 4. The van der Waals surface area contributed by atoms with Crippen molar-refractivity contribution < 1.29 is 9.59 Å². The van der Waals surface area contributed by atoms with Crippen molar-refractivity contribution in [2.45, 2.75) is 26.3 Å². The molecule has 0 fully saturated rings. The molecule has 0 aliphatic carbocycles. The molecule has 1 amide bonds. The van der Waals surface area contributed by atoms with E-state index in [1.54, 1.807) is 32.0 Å². The number of halogens is 2. The Hall–Kier alpha value is -0.620. The third-order valence-corrected chi connectivity index (χ3v) is 3.93. The first-order valence-electron chi connectivity index (χ1n) is 5.24. The average Bonchev–Trinajstić information content (AvgIpc) is 2.31. The monoisotopic (exact) mass is 365 g/mol. The van der Waals surface area contributed by atoms with Crippen molar-refractivity contribution in [3.05, 3.63) is 32.4 Å². The average molecular weight is 366 g/mol. The van der Waals surface area contributed by atoms with E-state index in [1.165, 1.54) is 0 Å². The standard InChI is InChI=1S/C12H13ClINO2/c1-3-11(16)7(2)15-12(17)8-4-5-10(14)9(13)6-8/h4-7H,3H2,1-2H3,(H,15,17). The largest absolute Gasteiger partial charge is 0.343 e. The summed E-state index contributed by atoms with van der Waals surface area (Å²) in [6.07, 6.45) is 0.412. The summed E-state index contributed by atoms with van der Waals surface area (Å²) in [5.74, 6) is -0.271. The van der Waals surface area contributed by atoms with Gasteiger partial charge in [0.15, 0.2) is 5.78 Å². The van der Waals surface area contributed by atoms with Crippen molar-refractivity contribution in [2.75, 3.05) is 0 Å². The van der Waals surface area contributed by atoms with Gasteiger partial charge in [-0.3, -0.25) is 9.59 Å². The van der Waals surface area contributed by atoms with E-state index in [-0.39, 0.29) is 11.7 Å². The van der Waals surface area contributed by atoms with Crippen molar-refractivity contribution >= 4 is 45.9 Å². The molecule has 1 aromatic carbocycles. The Morgan fingerprint density at radius 3 is 2.65 bits per heavy atom. The minimum atomic E-state index is -0.467. The van der Waals surface area contributed by atoms with Gasteiger partial charge in [-0.25, -0.2) is 0 Å². The first kappa shape index (κ1) is 14.4. The second kappa shape index (κ2) is 6.35. The summed E-state index contributed by atoms with van der Waals surface area (Å²) < 4.78 is 0.887. The van der Waals surface area contributed by atoms with E-state index in [4.69, 9.17) is 11.6 Å². The van der Waals surface area contributed by atoms with Gasteiger partial charge in [0.2, 0.25) is 0 Å². The van der Waals surface area contributed by atoms with Gasteiger partial charge in [-0.15, -0.1) is 0 Å². The van der Waals surface area contributed by atoms with Crippen LogP contribution in [-0.4, -0.2) is 17.7 Å². The van der Waals surface area contributed by atoms with Gasteiger partial charge in [-0.2, -0.15) is 0 Å². The Labute approximate surface area is 119 Å². The highest BCUT2D eigenvalue weighted by atomic mass is 127. The number of carbonyl (C=O) groups excluding carboxylic acids is 2. The number of ketones is 1. The Balaban J connectivity index is 2.76. The molecule has 0 aliphatic rings. The van der Waals surface area contributed by atoms with Gasteiger partial charge in [-0.05, 0) is 47.7 Å². The van der Waals surface area contributed by atoms with E-state index < -0.39 is 6.04 Å². The molecule has 1 N–H and O–H groups in total. The van der Waals surface area contributed by atoms with Crippen LogP contribution in [0.2, 0.25) is 5.02 Å². The zero-order valence-electron chi connectivity index (χ0n) is 9.59.